The Labute approximate surface area is 330 Å². The molecule has 13 unspecified atom stereocenters. The molecule has 312 valence electrons. The van der Waals surface area contributed by atoms with Crippen molar-refractivity contribution < 1.29 is 62.4 Å². The zero-order valence-electron chi connectivity index (χ0n) is 33.0. The maximum Gasteiger partial charge on any atom is 0.308 e. The van der Waals surface area contributed by atoms with Crippen LogP contribution in [-0.4, -0.2) is 138 Å². The number of aliphatic hydroxyl groups is 2. The van der Waals surface area contributed by atoms with E-state index in [0.717, 1.165) is 62.5 Å². The van der Waals surface area contributed by atoms with Crippen molar-refractivity contribution in [1.82, 2.24) is 0 Å². The van der Waals surface area contributed by atoms with Gasteiger partial charge in [-0.05, 0) is 74.9 Å². The van der Waals surface area contributed by atoms with Gasteiger partial charge in [0.1, 0.15) is 36.6 Å². The van der Waals surface area contributed by atoms with Crippen LogP contribution in [0.2, 0.25) is 0 Å². The van der Waals surface area contributed by atoms with Crippen LogP contribution in [0.3, 0.4) is 0 Å². The number of carbonyl (C=O) groups excluding carboxylic acids is 1. The molecular formula is C43H62O13. The summed E-state index contributed by atoms with van der Waals surface area (Å²) in [4.78, 5) is 14.1. The third kappa shape index (κ3) is 6.96. The van der Waals surface area contributed by atoms with Gasteiger partial charge in [-0.1, -0.05) is 27.0 Å². The lowest BCUT2D eigenvalue weighted by molar-refractivity contribution is -0.345. The maximum absolute atomic E-state index is 14.1. The van der Waals surface area contributed by atoms with Crippen molar-refractivity contribution in [3.05, 3.63) is 24.3 Å². The molecule has 21 atom stereocenters. The fourth-order valence-corrected chi connectivity index (χ4v) is 12.1. The summed E-state index contributed by atoms with van der Waals surface area (Å²) >= 11 is 0. The molecule has 10 heterocycles. The lowest BCUT2D eigenvalue weighted by Gasteiger charge is -2.51. The predicted molar refractivity (Wildman–Crippen MR) is 197 cm³/mol. The molecule has 0 aliphatic carbocycles. The minimum absolute atomic E-state index is 0.00366. The van der Waals surface area contributed by atoms with Gasteiger partial charge >= 0.3 is 5.97 Å². The summed E-state index contributed by atoms with van der Waals surface area (Å²) < 4.78 is 67.2. The first-order valence-electron chi connectivity index (χ1n) is 21.8. The zero-order chi connectivity index (χ0) is 38.5. The summed E-state index contributed by atoms with van der Waals surface area (Å²) in [5.74, 6) is -1.15. The molecular weight excluding hydrogens is 724 g/mol. The second kappa shape index (κ2) is 15.2. The Kier molecular flexibility index (Phi) is 10.5. The van der Waals surface area contributed by atoms with E-state index in [1.807, 2.05) is 6.92 Å². The van der Waals surface area contributed by atoms with Crippen molar-refractivity contribution in [2.24, 2.45) is 11.8 Å². The molecule has 0 aromatic rings. The van der Waals surface area contributed by atoms with Gasteiger partial charge < -0.3 is 57.6 Å². The van der Waals surface area contributed by atoms with Gasteiger partial charge in [-0.3, -0.25) is 4.79 Å². The molecule has 0 amide bonds. The van der Waals surface area contributed by atoms with Crippen molar-refractivity contribution in [2.75, 3.05) is 6.61 Å². The van der Waals surface area contributed by atoms with Crippen LogP contribution >= 0.6 is 0 Å². The standard InChI is InChI=1S/C43H62O13/c1-20-15-24-5-7-28-21(2)16-26(47-28)9-12-43-13-10-31-39(55-43)40-41(53-31)42(56-43)38-30(52-40)8-6-25(49-38)17-35(46)54-37-23(4)36-33(18-27(45)29(51-36)11-14-44)50-34(37)19-32(48-24)22(20)3/h20,23-34,36-42,44-45H,2-3,5-19H2,1,4H3/t20?,23-,24?,25?,26?,27?,28-,29?,30?,31?,32?,33-,34-,36-,37?,38-,39?,40-,41?,42?,43-/m0/s1. The number of fused-ring (bicyclic) bond motifs is 7. The quantitative estimate of drug-likeness (QED) is 0.308. The van der Waals surface area contributed by atoms with Crippen molar-refractivity contribution >= 4 is 5.97 Å². The van der Waals surface area contributed by atoms with Gasteiger partial charge in [0.2, 0.25) is 0 Å². The van der Waals surface area contributed by atoms with Crippen molar-refractivity contribution in [2.45, 2.75) is 219 Å². The Morgan fingerprint density at radius 1 is 0.643 bits per heavy atom. The Morgan fingerprint density at radius 2 is 1.36 bits per heavy atom. The Morgan fingerprint density at radius 3 is 2.20 bits per heavy atom. The molecule has 0 aromatic heterocycles. The smallest absolute Gasteiger partial charge is 0.308 e. The van der Waals surface area contributed by atoms with E-state index < -0.39 is 54.6 Å². The first kappa shape index (κ1) is 38.7. The van der Waals surface area contributed by atoms with E-state index in [2.05, 4.69) is 20.1 Å². The summed E-state index contributed by atoms with van der Waals surface area (Å²) in [6.07, 6.45) is 3.37. The normalized spacial score (nSPS) is 54.4. The highest BCUT2D eigenvalue weighted by Gasteiger charge is 2.66. The predicted octanol–water partition coefficient (Wildman–Crippen LogP) is 3.98. The highest BCUT2D eigenvalue weighted by molar-refractivity contribution is 5.70. The third-order valence-electron chi connectivity index (χ3n) is 15.1. The fourth-order valence-electron chi connectivity index (χ4n) is 12.1. The monoisotopic (exact) mass is 786 g/mol. The first-order chi connectivity index (χ1) is 27.0. The molecule has 10 saturated heterocycles. The van der Waals surface area contributed by atoms with Crippen LogP contribution in [0.25, 0.3) is 0 Å². The van der Waals surface area contributed by atoms with Gasteiger partial charge in [0.05, 0.1) is 79.7 Å². The number of aliphatic hydroxyl groups excluding tert-OH is 2. The molecule has 2 N–H and O–H groups in total. The zero-order valence-corrected chi connectivity index (χ0v) is 33.0. The van der Waals surface area contributed by atoms with Crippen LogP contribution in [0.5, 0.6) is 0 Å². The molecule has 0 aromatic carbocycles. The molecule has 13 heteroatoms. The fraction of sp³-hybridized carbons (Fsp3) is 0.884. The minimum Gasteiger partial charge on any atom is -0.459 e. The number of hydrogen-bond donors (Lipinski definition) is 2. The second-order valence-electron chi connectivity index (χ2n) is 18.8. The lowest BCUT2D eigenvalue weighted by Crippen LogP contribution is -2.62. The summed E-state index contributed by atoms with van der Waals surface area (Å²) in [6, 6.07) is 0. The molecule has 1 spiro atoms. The summed E-state index contributed by atoms with van der Waals surface area (Å²) in [5.41, 5.74) is 2.15. The average Bonchev–Trinajstić information content (AvgIpc) is 3.69. The highest BCUT2D eigenvalue weighted by atomic mass is 16.8. The molecule has 0 saturated carbocycles. The molecule has 10 aliphatic rings. The van der Waals surface area contributed by atoms with Crippen LogP contribution < -0.4 is 0 Å². The van der Waals surface area contributed by atoms with Crippen LogP contribution in [0.15, 0.2) is 24.3 Å². The Bertz CT molecular complexity index is 1510. The summed E-state index contributed by atoms with van der Waals surface area (Å²) in [5, 5.41) is 20.6. The number of hydrogen-bond acceptors (Lipinski definition) is 13. The molecule has 10 fully saturated rings. The van der Waals surface area contributed by atoms with Gasteiger partial charge in [-0.15, -0.1) is 0 Å². The van der Waals surface area contributed by atoms with E-state index >= 15 is 0 Å². The van der Waals surface area contributed by atoms with E-state index in [0.29, 0.717) is 32.1 Å². The van der Waals surface area contributed by atoms with Gasteiger partial charge in [-0.25, -0.2) is 0 Å². The van der Waals surface area contributed by atoms with Crippen LogP contribution in [0.4, 0.5) is 0 Å². The van der Waals surface area contributed by atoms with Gasteiger partial charge in [0, 0.05) is 38.2 Å². The summed E-state index contributed by atoms with van der Waals surface area (Å²) in [6.45, 7) is 13.1. The van der Waals surface area contributed by atoms with Crippen LogP contribution in [0, 0.1) is 11.8 Å². The van der Waals surface area contributed by atoms with E-state index in [9.17, 15) is 15.0 Å². The van der Waals surface area contributed by atoms with E-state index in [1.165, 1.54) is 0 Å². The number of esters is 1. The van der Waals surface area contributed by atoms with E-state index in [1.54, 1.807) is 0 Å². The molecule has 10 rings (SSSR count). The van der Waals surface area contributed by atoms with Gasteiger partial charge in [0.25, 0.3) is 0 Å². The number of carbonyl (C=O) groups is 1. The number of rotatable bonds is 2. The van der Waals surface area contributed by atoms with Gasteiger partial charge in [0.15, 0.2) is 5.79 Å². The maximum atomic E-state index is 14.1. The van der Waals surface area contributed by atoms with Gasteiger partial charge in [-0.2, -0.15) is 0 Å². The number of ether oxygens (including phenoxy) is 10. The van der Waals surface area contributed by atoms with Crippen LogP contribution in [-0.2, 0) is 52.2 Å². The molecule has 11 bridgehead atoms. The third-order valence-corrected chi connectivity index (χ3v) is 15.1. The van der Waals surface area contributed by atoms with E-state index in [4.69, 9.17) is 47.4 Å². The van der Waals surface area contributed by atoms with Crippen molar-refractivity contribution in [1.29, 1.82) is 0 Å². The van der Waals surface area contributed by atoms with Crippen LogP contribution in [0.1, 0.15) is 104 Å². The Hall–Kier alpha value is -1.49. The minimum atomic E-state index is -0.781. The lowest BCUT2D eigenvalue weighted by atomic mass is 9.79. The average molecular weight is 787 g/mol. The largest absolute Gasteiger partial charge is 0.459 e. The highest BCUT2D eigenvalue weighted by Crippen LogP contribution is 2.52. The topological polar surface area (TPSA) is 150 Å². The molecule has 13 nitrogen and oxygen atoms in total. The summed E-state index contributed by atoms with van der Waals surface area (Å²) in [7, 11) is 0. The molecule has 10 aliphatic heterocycles. The Balaban J connectivity index is 0.938. The first-order valence-corrected chi connectivity index (χ1v) is 21.8. The van der Waals surface area contributed by atoms with Crippen molar-refractivity contribution in [3.8, 4) is 0 Å². The SMILES string of the molecule is C=C1C(C)CC2CC[C@@H]3OC(CC[C@@]45CCC6OC7C(O4)[C@H]4OC(CCC4O[C@H]7C6O5)CC(=O)OC4[C@H](CC1O2)O[C@H]1CC(O)C(CCO)O[C@H]1[C@@H]4C)CC3=C. The van der Waals surface area contributed by atoms with Crippen molar-refractivity contribution in [3.63, 3.8) is 0 Å². The van der Waals surface area contributed by atoms with E-state index in [-0.39, 0.29) is 91.9 Å². The second-order valence-corrected chi connectivity index (χ2v) is 18.8. The molecule has 0 radical (unpaired) electrons. The molecule has 56 heavy (non-hydrogen) atoms.